The van der Waals surface area contributed by atoms with Crippen molar-refractivity contribution in [1.82, 2.24) is 24.4 Å². The molecule has 2 aromatic rings. The first-order chi connectivity index (χ1) is 14.6. The summed E-state index contributed by atoms with van der Waals surface area (Å²) in [5.74, 6) is -0.0200. The van der Waals surface area contributed by atoms with Crippen LogP contribution in [0.25, 0.3) is 5.65 Å². The molecule has 2 aromatic heterocycles. The van der Waals surface area contributed by atoms with Gasteiger partial charge in [0, 0.05) is 63.0 Å². The van der Waals surface area contributed by atoms with Crippen LogP contribution in [0, 0.1) is 12.8 Å². The van der Waals surface area contributed by atoms with E-state index >= 15 is 0 Å². The van der Waals surface area contributed by atoms with E-state index in [1.165, 1.54) is 5.69 Å². The largest absolute Gasteiger partial charge is 0.382 e. The zero-order valence-corrected chi connectivity index (χ0v) is 17.7. The highest BCUT2D eigenvalue weighted by Gasteiger charge is 2.47. The minimum atomic E-state index is -0.238. The van der Waals surface area contributed by atoms with Crippen LogP contribution >= 0.6 is 0 Å². The van der Waals surface area contributed by atoms with E-state index in [1.807, 2.05) is 35.5 Å². The molecule has 0 saturated carbocycles. The van der Waals surface area contributed by atoms with Crippen molar-refractivity contribution >= 4 is 17.5 Å². The predicted molar refractivity (Wildman–Crippen MR) is 110 cm³/mol. The second-order valence-electron chi connectivity index (χ2n) is 8.70. The van der Waals surface area contributed by atoms with Gasteiger partial charge < -0.3 is 14.5 Å². The van der Waals surface area contributed by atoms with Crippen molar-refractivity contribution in [2.45, 2.75) is 58.0 Å². The number of nitrogens with zero attached hydrogens (tertiary/aromatic N) is 5. The average molecular weight is 412 g/mol. The Morgan fingerprint density at radius 1 is 1.30 bits per heavy atom. The number of hydrogen-bond donors (Lipinski definition) is 0. The van der Waals surface area contributed by atoms with Gasteiger partial charge in [0.25, 0.3) is 0 Å². The molecular formula is C22H29N5O3. The lowest BCUT2D eigenvalue weighted by atomic mass is 9.96. The van der Waals surface area contributed by atoms with Crippen molar-refractivity contribution in [1.29, 1.82) is 0 Å². The smallest absolute Gasteiger partial charge is 0.228 e. The van der Waals surface area contributed by atoms with E-state index in [0.29, 0.717) is 32.7 Å². The van der Waals surface area contributed by atoms with Crippen molar-refractivity contribution in [2.75, 3.05) is 26.3 Å². The molecule has 2 amide bonds. The first-order valence-corrected chi connectivity index (χ1v) is 11.1. The van der Waals surface area contributed by atoms with Gasteiger partial charge >= 0.3 is 0 Å². The Hall–Kier alpha value is -2.48. The fourth-order valence-electron chi connectivity index (χ4n) is 5.40. The highest BCUT2D eigenvalue weighted by molar-refractivity contribution is 5.90. The van der Waals surface area contributed by atoms with Gasteiger partial charge in [0.1, 0.15) is 0 Å². The van der Waals surface area contributed by atoms with Crippen LogP contribution in [0.5, 0.6) is 0 Å². The number of amides is 2. The van der Waals surface area contributed by atoms with E-state index in [9.17, 15) is 9.59 Å². The van der Waals surface area contributed by atoms with E-state index in [1.54, 1.807) is 0 Å². The van der Waals surface area contributed by atoms with E-state index in [0.717, 1.165) is 42.6 Å². The molecule has 8 heteroatoms. The first-order valence-electron chi connectivity index (χ1n) is 11.1. The number of carbonyl (C=O) groups excluding carboxylic acids is 2. The summed E-state index contributed by atoms with van der Waals surface area (Å²) in [5.41, 5.74) is 4.13. The number of rotatable bonds is 6. The summed E-state index contributed by atoms with van der Waals surface area (Å²) in [6.45, 7) is 6.48. The zero-order chi connectivity index (χ0) is 20.8. The maximum Gasteiger partial charge on any atom is 0.228 e. The zero-order valence-electron chi connectivity index (χ0n) is 17.7. The minimum absolute atomic E-state index is 0.0507. The molecule has 0 unspecified atom stereocenters. The number of ether oxygens (including phenoxy) is 1. The molecule has 0 aromatic carbocycles. The third-order valence-corrected chi connectivity index (χ3v) is 6.77. The fraction of sp³-hybridized carbons (Fsp3) is 0.636. The van der Waals surface area contributed by atoms with Crippen LogP contribution < -0.4 is 0 Å². The first kappa shape index (κ1) is 19.5. The summed E-state index contributed by atoms with van der Waals surface area (Å²) in [5, 5.41) is 4.62. The van der Waals surface area contributed by atoms with Gasteiger partial charge in [-0.2, -0.15) is 5.10 Å². The summed E-state index contributed by atoms with van der Waals surface area (Å²) >= 11 is 0. The number of fused-ring (bicyclic) bond motifs is 6. The van der Waals surface area contributed by atoms with Crippen LogP contribution in [-0.2, 0) is 20.7 Å². The Bertz CT molecular complexity index is 987. The van der Waals surface area contributed by atoms with Gasteiger partial charge in [-0.15, -0.1) is 0 Å². The van der Waals surface area contributed by atoms with Crippen LogP contribution in [0.4, 0.5) is 0 Å². The SMILES string of the molecule is CCOCCCN1C[C@@H](C(=O)N2[C@H]3CC[C@@H]2c2cnc4cc(C)nn4c2C3)CC1=O. The Kier molecular flexibility index (Phi) is 4.97. The molecule has 0 aliphatic carbocycles. The maximum absolute atomic E-state index is 13.5. The second-order valence-corrected chi connectivity index (χ2v) is 8.70. The molecule has 5 rings (SSSR count). The number of hydrogen-bond acceptors (Lipinski definition) is 5. The molecule has 2 saturated heterocycles. The Labute approximate surface area is 176 Å². The Morgan fingerprint density at radius 2 is 2.17 bits per heavy atom. The third-order valence-electron chi connectivity index (χ3n) is 6.77. The lowest BCUT2D eigenvalue weighted by molar-refractivity contribution is -0.139. The third kappa shape index (κ3) is 3.17. The van der Waals surface area contributed by atoms with Gasteiger partial charge in [0.05, 0.1) is 23.3 Å². The van der Waals surface area contributed by atoms with E-state index in [-0.39, 0.29) is 29.8 Å². The molecule has 3 aliphatic heterocycles. The maximum atomic E-state index is 13.5. The molecular weight excluding hydrogens is 382 g/mol. The lowest BCUT2D eigenvalue weighted by Crippen LogP contribution is -2.46. The van der Waals surface area contributed by atoms with Gasteiger partial charge in [-0.05, 0) is 33.1 Å². The van der Waals surface area contributed by atoms with E-state index in [4.69, 9.17) is 4.74 Å². The molecule has 3 aliphatic rings. The topological polar surface area (TPSA) is 80.0 Å². The normalized spacial score (nSPS) is 25.4. The van der Waals surface area contributed by atoms with Crippen LogP contribution in [0.2, 0.25) is 0 Å². The van der Waals surface area contributed by atoms with Gasteiger partial charge in [-0.3, -0.25) is 9.59 Å². The molecule has 8 nitrogen and oxygen atoms in total. The molecule has 0 radical (unpaired) electrons. The molecule has 5 heterocycles. The molecule has 0 spiro atoms. The van der Waals surface area contributed by atoms with Gasteiger partial charge in [-0.1, -0.05) is 0 Å². The summed E-state index contributed by atoms with van der Waals surface area (Å²) in [7, 11) is 0. The standard InChI is InChI=1S/C22H29N5O3/c1-3-30-8-4-7-25-13-15(10-21(25)28)22(29)26-16-5-6-18(26)17-12-23-20-9-14(2)24-27(20)19(17)11-16/h9,12,15-16,18H,3-8,10-11,13H2,1-2H3/t15-,16-,18+/m0/s1. The van der Waals surface area contributed by atoms with Crippen molar-refractivity contribution in [3.05, 3.63) is 29.2 Å². The highest BCUT2D eigenvalue weighted by atomic mass is 16.5. The van der Waals surface area contributed by atoms with E-state index in [2.05, 4.69) is 15.0 Å². The van der Waals surface area contributed by atoms with E-state index < -0.39 is 0 Å². The molecule has 3 atom stereocenters. The van der Waals surface area contributed by atoms with Gasteiger partial charge in [-0.25, -0.2) is 9.50 Å². The predicted octanol–water partition coefficient (Wildman–Crippen LogP) is 1.90. The highest BCUT2D eigenvalue weighted by Crippen LogP contribution is 2.44. The van der Waals surface area contributed by atoms with Crippen LogP contribution in [0.1, 0.15) is 55.6 Å². The Balaban J connectivity index is 1.33. The molecule has 2 bridgehead atoms. The second kappa shape index (κ2) is 7.65. The number of aromatic nitrogens is 3. The summed E-state index contributed by atoms with van der Waals surface area (Å²) in [4.78, 5) is 34.4. The Morgan fingerprint density at radius 3 is 3.00 bits per heavy atom. The van der Waals surface area contributed by atoms with Crippen LogP contribution in [0.15, 0.2) is 12.3 Å². The van der Waals surface area contributed by atoms with Crippen LogP contribution in [0.3, 0.4) is 0 Å². The minimum Gasteiger partial charge on any atom is -0.382 e. The van der Waals surface area contributed by atoms with Crippen molar-refractivity contribution in [3.8, 4) is 0 Å². The molecule has 30 heavy (non-hydrogen) atoms. The van der Waals surface area contributed by atoms with Crippen molar-refractivity contribution in [2.24, 2.45) is 5.92 Å². The number of likely N-dealkylation sites (tertiary alicyclic amines) is 1. The van der Waals surface area contributed by atoms with Gasteiger partial charge in [0.2, 0.25) is 11.8 Å². The van der Waals surface area contributed by atoms with Gasteiger partial charge in [0.15, 0.2) is 5.65 Å². The molecule has 2 fully saturated rings. The number of carbonyl (C=O) groups is 2. The van der Waals surface area contributed by atoms with Crippen molar-refractivity contribution in [3.63, 3.8) is 0 Å². The molecule has 160 valence electrons. The summed E-state index contributed by atoms with van der Waals surface area (Å²) < 4.78 is 7.33. The molecule has 0 N–H and O–H groups in total. The lowest BCUT2D eigenvalue weighted by Gasteiger charge is -2.37. The summed E-state index contributed by atoms with van der Waals surface area (Å²) in [6, 6.07) is 2.23. The summed E-state index contributed by atoms with van der Waals surface area (Å²) in [6.07, 6.45) is 5.81. The monoisotopic (exact) mass is 411 g/mol. The quantitative estimate of drug-likeness (QED) is 0.679. The van der Waals surface area contributed by atoms with Crippen LogP contribution in [-0.4, -0.2) is 68.6 Å². The number of aryl methyl sites for hydroxylation is 1. The fourth-order valence-corrected chi connectivity index (χ4v) is 5.40. The van der Waals surface area contributed by atoms with Crippen molar-refractivity contribution < 1.29 is 14.3 Å². The average Bonchev–Trinajstić information content (AvgIpc) is 3.39.